The van der Waals surface area contributed by atoms with E-state index >= 15 is 0 Å². The minimum Gasteiger partial charge on any atom is -0.468 e. The van der Waals surface area contributed by atoms with Crippen molar-refractivity contribution in [3.63, 3.8) is 0 Å². The number of carbonyl (C=O) groups excluding carboxylic acids is 5. The Balaban J connectivity index is 5.59. The zero-order chi connectivity index (χ0) is 20.6. The normalized spacial score (nSPS) is 14.2. The number of esters is 2. The van der Waals surface area contributed by atoms with Crippen molar-refractivity contribution in [2.45, 2.75) is 39.8 Å². The van der Waals surface area contributed by atoms with Gasteiger partial charge in [0.05, 0.1) is 14.2 Å². The second-order valence-electron chi connectivity index (χ2n) is 6.19. The predicted octanol–water partition coefficient (Wildman–Crippen LogP) is -1.28. The van der Waals surface area contributed by atoms with E-state index < -0.39 is 53.6 Å². The molecule has 0 radical (unpaired) electrons. The number of rotatable bonds is 9. The zero-order valence-corrected chi connectivity index (χ0v) is 15.8. The number of nitrogens with two attached hydrogens (primary N) is 1. The molecule has 0 aliphatic rings. The summed E-state index contributed by atoms with van der Waals surface area (Å²) in [6.07, 6.45) is 0. The van der Waals surface area contributed by atoms with Gasteiger partial charge in [0.2, 0.25) is 17.7 Å². The van der Waals surface area contributed by atoms with Gasteiger partial charge in [-0.3, -0.25) is 24.0 Å². The smallest absolute Gasteiger partial charge is 0.320 e. The lowest BCUT2D eigenvalue weighted by molar-refractivity contribution is -0.162. The van der Waals surface area contributed by atoms with Crippen molar-refractivity contribution in [2.75, 3.05) is 14.2 Å². The van der Waals surface area contributed by atoms with Crippen LogP contribution in [0.1, 0.15) is 27.7 Å². The summed E-state index contributed by atoms with van der Waals surface area (Å²) in [6.45, 7) is 6.04. The topological polar surface area (TPSA) is 154 Å². The van der Waals surface area contributed by atoms with Crippen LogP contribution in [0.25, 0.3) is 0 Å². The first-order valence-electron chi connectivity index (χ1n) is 8.00. The van der Waals surface area contributed by atoms with Crippen molar-refractivity contribution in [1.29, 1.82) is 0 Å². The molecule has 0 aliphatic heterocycles. The molecule has 0 aliphatic carbocycles. The fourth-order valence-corrected chi connectivity index (χ4v) is 2.43. The summed E-state index contributed by atoms with van der Waals surface area (Å²) in [7, 11) is 2.16. The van der Waals surface area contributed by atoms with Crippen LogP contribution in [-0.4, -0.2) is 56.0 Å². The molecule has 10 heteroatoms. The van der Waals surface area contributed by atoms with Crippen LogP contribution in [0.4, 0.5) is 0 Å². The first kappa shape index (κ1) is 23.4. The summed E-state index contributed by atoms with van der Waals surface area (Å²) < 4.78 is 9.14. The average molecular weight is 373 g/mol. The van der Waals surface area contributed by atoms with Gasteiger partial charge in [-0.15, -0.1) is 0 Å². The van der Waals surface area contributed by atoms with Crippen molar-refractivity contribution in [3.05, 3.63) is 0 Å². The average Bonchev–Trinajstić information content (AvgIpc) is 2.55. The van der Waals surface area contributed by atoms with Gasteiger partial charge >= 0.3 is 11.9 Å². The molecule has 3 amide bonds. The summed E-state index contributed by atoms with van der Waals surface area (Å²) >= 11 is 0. The predicted molar refractivity (Wildman–Crippen MR) is 90.3 cm³/mol. The summed E-state index contributed by atoms with van der Waals surface area (Å²) in [5.41, 5.74) is 5.34. The number of amides is 3. The van der Waals surface area contributed by atoms with E-state index in [1.807, 2.05) is 0 Å². The van der Waals surface area contributed by atoms with E-state index in [-0.39, 0.29) is 5.92 Å². The largest absolute Gasteiger partial charge is 0.468 e. The van der Waals surface area contributed by atoms with Gasteiger partial charge in [0.15, 0.2) is 5.92 Å². The molecule has 10 nitrogen and oxygen atoms in total. The molecular weight excluding hydrogens is 346 g/mol. The highest BCUT2D eigenvalue weighted by Crippen LogP contribution is 2.20. The van der Waals surface area contributed by atoms with Gasteiger partial charge in [0, 0.05) is 12.8 Å². The number of methoxy groups -OCH3 is 2. The van der Waals surface area contributed by atoms with Crippen molar-refractivity contribution >= 4 is 29.7 Å². The van der Waals surface area contributed by atoms with Crippen LogP contribution in [0.15, 0.2) is 0 Å². The van der Waals surface area contributed by atoms with E-state index in [0.717, 1.165) is 14.2 Å². The van der Waals surface area contributed by atoms with Crippen molar-refractivity contribution in [3.8, 4) is 0 Å². The molecule has 0 aromatic rings. The van der Waals surface area contributed by atoms with Gasteiger partial charge in [0.1, 0.15) is 12.1 Å². The monoisotopic (exact) mass is 373 g/mol. The molecule has 26 heavy (non-hydrogen) atoms. The number of hydrogen-bond acceptors (Lipinski definition) is 7. The Morgan fingerprint density at radius 1 is 0.846 bits per heavy atom. The first-order chi connectivity index (χ1) is 12.0. The number of carbonyl (C=O) groups is 5. The lowest BCUT2D eigenvalue weighted by Gasteiger charge is -2.29. The number of hydrogen-bond donors (Lipinski definition) is 3. The Hall–Kier alpha value is -2.65. The Labute approximate surface area is 152 Å². The molecule has 0 saturated carbocycles. The molecule has 4 N–H and O–H groups in total. The number of nitrogens with one attached hydrogen (secondary N) is 2. The van der Waals surface area contributed by atoms with Crippen LogP contribution in [0, 0.1) is 17.8 Å². The molecule has 0 aromatic heterocycles. The zero-order valence-electron chi connectivity index (χ0n) is 15.8. The van der Waals surface area contributed by atoms with E-state index in [4.69, 9.17) is 5.73 Å². The van der Waals surface area contributed by atoms with E-state index in [1.165, 1.54) is 13.8 Å². The Morgan fingerprint density at radius 3 is 1.62 bits per heavy atom. The summed E-state index contributed by atoms with van der Waals surface area (Å²) in [6, 6.07) is -2.28. The minimum atomic E-state index is -1.46. The van der Waals surface area contributed by atoms with Gasteiger partial charge in [0.25, 0.3) is 0 Å². The molecule has 0 unspecified atom stereocenters. The molecule has 0 spiro atoms. The third-order valence-electron chi connectivity index (χ3n) is 3.87. The van der Waals surface area contributed by atoms with Gasteiger partial charge in [-0.05, 0) is 5.92 Å². The van der Waals surface area contributed by atoms with Gasteiger partial charge in [-0.2, -0.15) is 0 Å². The van der Waals surface area contributed by atoms with Crippen molar-refractivity contribution < 1.29 is 33.4 Å². The summed E-state index contributed by atoms with van der Waals surface area (Å²) in [5.74, 6) is -6.67. The maximum absolute atomic E-state index is 12.5. The SMILES string of the molecule is COC(=O)C(C(=O)OC)[C@H](C)[C@@H](NC(=O)[C@H](NC(C)=O)C(C)C)C(N)=O. The van der Waals surface area contributed by atoms with Crippen LogP contribution < -0.4 is 16.4 Å². The van der Waals surface area contributed by atoms with E-state index in [9.17, 15) is 24.0 Å². The molecule has 0 saturated heterocycles. The van der Waals surface area contributed by atoms with Crippen LogP contribution in [0.3, 0.4) is 0 Å². The number of primary amides is 1. The van der Waals surface area contributed by atoms with E-state index in [0.29, 0.717) is 0 Å². The molecule has 0 rings (SSSR count). The van der Waals surface area contributed by atoms with Crippen molar-refractivity contribution in [2.24, 2.45) is 23.5 Å². The molecule has 0 fully saturated rings. The van der Waals surface area contributed by atoms with Crippen LogP contribution in [0.5, 0.6) is 0 Å². The van der Waals surface area contributed by atoms with Crippen molar-refractivity contribution in [1.82, 2.24) is 10.6 Å². The highest BCUT2D eigenvalue weighted by molar-refractivity contribution is 5.97. The maximum Gasteiger partial charge on any atom is 0.320 e. The Bertz CT molecular complexity index is 546. The molecule has 0 heterocycles. The fourth-order valence-electron chi connectivity index (χ4n) is 2.43. The molecule has 148 valence electrons. The van der Waals surface area contributed by atoms with Crippen LogP contribution in [0.2, 0.25) is 0 Å². The highest BCUT2D eigenvalue weighted by atomic mass is 16.5. The Kier molecular flexibility index (Phi) is 9.31. The number of ether oxygens (including phenoxy) is 2. The van der Waals surface area contributed by atoms with Gasteiger partial charge in [-0.25, -0.2) is 0 Å². The summed E-state index contributed by atoms with van der Waals surface area (Å²) in [4.78, 5) is 59.4. The van der Waals surface area contributed by atoms with Crippen LogP contribution >= 0.6 is 0 Å². The van der Waals surface area contributed by atoms with E-state index in [2.05, 4.69) is 20.1 Å². The minimum absolute atomic E-state index is 0.278. The quantitative estimate of drug-likeness (QED) is 0.336. The standard InChI is InChI=1S/C16H27N3O7/c1-7(2)11(18-9(4)20)14(22)19-12(13(17)21)8(3)10(15(23)25-5)16(24)26-6/h7-8,10-12H,1-6H3,(H2,17,21)(H,18,20)(H,19,22)/t8-,11+,12+/m0/s1. The molecule has 0 bridgehead atoms. The first-order valence-corrected chi connectivity index (χ1v) is 8.00. The van der Waals surface area contributed by atoms with E-state index in [1.54, 1.807) is 13.8 Å². The second kappa shape index (κ2) is 10.4. The fraction of sp³-hybridized carbons (Fsp3) is 0.688. The van der Waals surface area contributed by atoms with Crippen LogP contribution in [-0.2, 0) is 33.4 Å². The third kappa shape index (κ3) is 6.34. The summed E-state index contributed by atoms with van der Waals surface area (Å²) in [5, 5.41) is 4.87. The molecule has 0 aromatic carbocycles. The van der Waals surface area contributed by atoms with Gasteiger partial charge < -0.3 is 25.8 Å². The molecule has 3 atom stereocenters. The second-order valence-corrected chi connectivity index (χ2v) is 6.19. The molecular formula is C16H27N3O7. The van der Waals surface area contributed by atoms with Gasteiger partial charge in [-0.1, -0.05) is 20.8 Å². The highest BCUT2D eigenvalue weighted by Gasteiger charge is 2.42. The third-order valence-corrected chi connectivity index (χ3v) is 3.87. The maximum atomic E-state index is 12.5. The lowest BCUT2D eigenvalue weighted by Crippen LogP contribution is -2.58. The lowest BCUT2D eigenvalue weighted by atomic mass is 9.86. The Morgan fingerprint density at radius 2 is 1.31 bits per heavy atom.